The van der Waals surface area contributed by atoms with Crippen LogP contribution in [0.2, 0.25) is 0 Å². The third kappa shape index (κ3) is 3.27. The molecule has 1 aliphatic heterocycles. The van der Waals surface area contributed by atoms with Crippen molar-refractivity contribution in [2.45, 2.75) is 69.7 Å². The zero-order valence-electron chi connectivity index (χ0n) is 13.6. The minimum atomic E-state index is 0.0147. The Morgan fingerprint density at radius 1 is 1.22 bits per heavy atom. The van der Waals surface area contributed by atoms with Gasteiger partial charge >= 0.3 is 0 Å². The van der Waals surface area contributed by atoms with Crippen molar-refractivity contribution in [2.24, 2.45) is 5.41 Å². The highest BCUT2D eigenvalue weighted by Crippen LogP contribution is 2.64. The molecule has 0 unspecified atom stereocenters. The van der Waals surface area contributed by atoms with Crippen molar-refractivity contribution >= 4 is 5.91 Å². The maximum absolute atomic E-state index is 12.1. The first-order valence-electron chi connectivity index (χ1n) is 8.95. The largest absolute Gasteiger partial charge is 0.381 e. The van der Waals surface area contributed by atoms with Crippen molar-refractivity contribution in [3.63, 3.8) is 0 Å². The molecule has 23 heavy (non-hydrogen) atoms. The first-order chi connectivity index (χ1) is 11.3. The number of hydrogen-bond acceptors (Lipinski definition) is 5. The summed E-state index contributed by atoms with van der Waals surface area (Å²) in [6, 6.07) is 0.330. The molecule has 2 aliphatic carbocycles. The van der Waals surface area contributed by atoms with Crippen molar-refractivity contribution in [2.75, 3.05) is 13.2 Å². The van der Waals surface area contributed by atoms with E-state index in [1.165, 1.54) is 19.3 Å². The third-order valence-corrected chi connectivity index (χ3v) is 5.75. The maximum atomic E-state index is 12.1. The Hall–Kier alpha value is -1.43. The average molecular weight is 319 g/mol. The number of aromatic nitrogens is 2. The van der Waals surface area contributed by atoms with Crippen LogP contribution in [-0.4, -0.2) is 35.3 Å². The van der Waals surface area contributed by atoms with Gasteiger partial charge < -0.3 is 14.6 Å². The van der Waals surface area contributed by atoms with Gasteiger partial charge in [0.05, 0.1) is 6.42 Å². The van der Waals surface area contributed by atoms with E-state index in [4.69, 9.17) is 9.26 Å². The standard InChI is InChI=1S/C17H25N3O3/c21-15(18-12-4-2-1-3-5-12)10-14-19-16(23-20-14)13-11-17(13)6-8-22-9-7-17/h12-13H,1-11H2,(H,18,21)/t13-/m0/s1. The van der Waals surface area contributed by atoms with Gasteiger partial charge in [-0.15, -0.1) is 0 Å². The Labute approximate surface area is 136 Å². The van der Waals surface area contributed by atoms with Gasteiger partial charge in [-0.05, 0) is 37.5 Å². The summed E-state index contributed by atoms with van der Waals surface area (Å²) >= 11 is 0. The number of carbonyl (C=O) groups is 1. The predicted molar refractivity (Wildman–Crippen MR) is 82.9 cm³/mol. The Kier molecular flexibility index (Phi) is 4.09. The van der Waals surface area contributed by atoms with Crippen LogP contribution >= 0.6 is 0 Å². The van der Waals surface area contributed by atoms with Gasteiger partial charge in [-0.1, -0.05) is 24.4 Å². The molecule has 3 aliphatic rings. The zero-order chi connectivity index (χ0) is 15.7. The fourth-order valence-electron chi connectivity index (χ4n) is 4.18. The second kappa shape index (κ2) is 6.23. The van der Waals surface area contributed by atoms with Crippen molar-refractivity contribution < 1.29 is 14.1 Å². The molecule has 1 amide bonds. The van der Waals surface area contributed by atoms with Crippen LogP contribution in [-0.2, 0) is 16.0 Å². The lowest BCUT2D eigenvalue weighted by Crippen LogP contribution is -2.37. The lowest BCUT2D eigenvalue weighted by Gasteiger charge is -2.22. The summed E-state index contributed by atoms with van der Waals surface area (Å²) in [6.45, 7) is 1.67. The molecule has 126 valence electrons. The van der Waals surface area contributed by atoms with E-state index < -0.39 is 0 Å². The third-order valence-electron chi connectivity index (χ3n) is 5.75. The van der Waals surface area contributed by atoms with E-state index in [0.29, 0.717) is 29.1 Å². The van der Waals surface area contributed by atoms with E-state index in [2.05, 4.69) is 15.5 Å². The lowest BCUT2D eigenvalue weighted by atomic mass is 9.94. The highest BCUT2D eigenvalue weighted by atomic mass is 16.5. The molecule has 1 saturated heterocycles. The first kappa shape index (κ1) is 15.1. The Balaban J connectivity index is 1.31. The van der Waals surface area contributed by atoms with Gasteiger partial charge in [0.1, 0.15) is 0 Å². The quantitative estimate of drug-likeness (QED) is 0.921. The summed E-state index contributed by atoms with van der Waals surface area (Å²) in [6.07, 6.45) is 9.40. The topological polar surface area (TPSA) is 77.2 Å². The predicted octanol–water partition coefficient (Wildman–Crippen LogP) is 2.35. The molecular weight excluding hydrogens is 294 g/mol. The number of carbonyl (C=O) groups excluding carboxylic acids is 1. The molecule has 1 aromatic heterocycles. The summed E-state index contributed by atoms with van der Waals surface area (Å²) in [7, 11) is 0. The molecular formula is C17H25N3O3. The van der Waals surface area contributed by atoms with Gasteiger partial charge in [-0.3, -0.25) is 4.79 Å². The molecule has 0 radical (unpaired) electrons. The van der Waals surface area contributed by atoms with Crippen LogP contribution in [0, 0.1) is 5.41 Å². The molecule has 0 aromatic carbocycles. The number of rotatable bonds is 4. The summed E-state index contributed by atoms with van der Waals surface area (Å²) in [4.78, 5) is 16.6. The highest BCUT2D eigenvalue weighted by molar-refractivity contribution is 5.78. The fraction of sp³-hybridized carbons (Fsp3) is 0.824. The fourth-order valence-corrected chi connectivity index (χ4v) is 4.18. The van der Waals surface area contributed by atoms with Gasteiger partial charge in [0.15, 0.2) is 5.82 Å². The van der Waals surface area contributed by atoms with Crippen LogP contribution < -0.4 is 5.32 Å². The maximum Gasteiger partial charge on any atom is 0.230 e. The van der Waals surface area contributed by atoms with Crippen LogP contribution in [0.15, 0.2) is 4.52 Å². The van der Waals surface area contributed by atoms with Crippen LogP contribution in [0.5, 0.6) is 0 Å². The highest BCUT2D eigenvalue weighted by Gasteiger charge is 2.57. The molecule has 1 N–H and O–H groups in total. The summed E-state index contributed by atoms with van der Waals surface area (Å²) in [5, 5.41) is 7.11. The molecule has 6 nitrogen and oxygen atoms in total. The summed E-state index contributed by atoms with van der Waals surface area (Å²) < 4.78 is 10.9. The summed E-state index contributed by atoms with van der Waals surface area (Å²) in [5.74, 6) is 1.62. The SMILES string of the molecule is O=C(Cc1noc([C@@H]2CC23CCOCC3)n1)NC1CCCCC1. The number of hydrogen-bond donors (Lipinski definition) is 1. The minimum absolute atomic E-state index is 0.0147. The molecule has 0 bridgehead atoms. The number of nitrogens with zero attached hydrogens (tertiary/aromatic N) is 2. The van der Waals surface area contributed by atoms with E-state index >= 15 is 0 Å². The van der Waals surface area contributed by atoms with Gasteiger partial charge in [0, 0.05) is 25.2 Å². The monoisotopic (exact) mass is 319 g/mol. The normalized spacial score (nSPS) is 27.0. The van der Waals surface area contributed by atoms with Crippen molar-refractivity contribution in [3.8, 4) is 0 Å². The van der Waals surface area contributed by atoms with Gasteiger partial charge in [-0.2, -0.15) is 4.98 Å². The Morgan fingerprint density at radius 3 is 2.78 bits per heavy atom. The molecule has 3 fully saturated rings. The van der Waals surface area contributed by atoms with E-state index in [-0.39, 0.29) is 12.3 Å². The smallest absolute Gasteiger partial charge is 0.230 e. The minimum Gasteiger partial charge on any atom is -0.381 e. The van der Waals surface area contributed by atoms with Crippen molar-refractivity contribution in [1.82, 2.24) is 15.5 Å². The van der Waals surface area contributed by atoms with Gasteiger partial charge in [0.25, 0.3) is 0 Å². The Morgan fingerprint density at radius 2 is 2.00 bits per heavy atom. The van der Waals surface area contributed by atoms with E-state index in [1.54, 1.807) is 0 Å². The molecule has 2 saturated carbocycles. The number of ether oxygens (including phenoxy) is 1. The number of nitrogens with one attached hydrogen (secondary N) is 1. The van der Waals surface area contributed by atoms with Crippen LogP contribution in [0.4, 0.5) is 0 Å². The number of amides is 1. The zero-order valence-corrected chi connectivity index (χ0v) is 13.6. The van der Waals surface area contributed by atoms with Crippen LogP contribution in [0.1, 0.15) is 69.0 Å². The van der Waals surface area contributed by atoms with Gasteiger partial charge in [-0.25, -0.2) is 0 Å². The van der Waals surface area contributed by atoms with Crippen LogP contribution in [0.25, 0.3) is 0 Å². The molecule has 6 heteroatoms. The molecule has 1 spiro atoms. The molecule has 4 rings (SSSR count). The van der Waals surface area contributed by atoms with E-state index in [0.717, 1.165) is 45.3 Å². The summed E-state index contributed by atoms with van der Waals surface area (Å²) in [5.41, 5.74) is 0.326. The second-order valence-electron chi connectivity index (χ2n) is 7.36. The van der Waals surface area contributed by atoms with Crippen molar-refractivity contribution in [1.29, 1.82) is 0 Å². The second-order valence-corrected chi connectivity index (χ2v) is 7.36. The van der Waals surface area contributed by atoms with E-state index in [9.17, 15) is 4.79 Å². The Bertz CT molecular complexity index is 559. The average Bonchev–Trinajstić information content (AvgIpc) is 3.04. The van der Waals surface area contributed by atoms with Crippen LogP contribution in [0.3, 0.4) is 0 Å². The molecule has 2 heterocycles. The van der Waals surface area contributed by atoms with Crippen molar-refractivity contribution in [3.05, 3.63) is 11.7 Å². The molecule has 1 atom stereocenters. The lowest BCUT2D eigenvalue weighted by molar-refractivity contribution is -0.121. The van der Waals surface area contributed by atoms with E-state index in [1.807, 2.05) is 0 Å². The van der Waals surface area contributed by atoms with Gasteiger partial charge in [0.2, 0.25) is 11.8 Å². The molecule has 1 aromatic rings. The first-order valence-corrected chi connectivity index (χ1v) is 8.95.